The van der Waals surface area contributed by atoms with Gasteiger partial charge in [-0.1, -0.05) is 6.92 Å². The van der Waals surface area contributed by atoms with Crippen LogP contribution in [0.4, 0.5) is 0 Å². The van der Waals surface area contributed by atoms with Gasteiger partial charge in [-0.05, 0) is 13.3 Å². The number of rotatable bonds is 3. The van der Waals surface area contributed by atoms with Gasteiger partial charge < -0.3 is 3.79 Å². The molecule has 1 unspecified atom stereocenters. The normalized spacial score (nSPS) is 12.2. The average molecular weight is 158 g/mol. The van der Waals surface area contributed by atoms with E-state index >= 15 is 0 Å². The molecule has 10 heavy (non-hydrogen) atoms. The first-order valence-electron chi connectivity index (χ1n) is 3.21. The predicted octanol–water partition coefficient (Wildman–Crippen LogP) is -0.307. The van der Waals surface area contributed by atoms with E-state index in [4.69, 9.17) is 0 Å². The molecule has 0 aromatic heterocycles. The molecule has 1 atom stereocenters. The van der Waals surface area contributed by atoms with Crippen LogP contribution in [-0.4, -0.2) is 28.4 Å². The Kier molecular flexibility index (Phi) is 4.34. The van der Waals surface area contributed by atoms with Gasteiger partial charge in [0.15, 0.2) is 0 Å². The number of ketones is 1. The van der Waals surface area contributed by atoms with E-state index in [-0.39, 0.29) is 11.8 Å². The van der Waals surface area contributed by atoms with E-state index in [9.17, 15) is 9.59 Å². The lowest BCUT2D eigenvalue weighted by Crippen LogP contribution is -2.22. The van der Waals surface area contributed by atoms with E-state index < -0.39 is 5.92 Å². The highest BCUT2D eigenvalue weighted by atomic mass is 27.1. The van der Waals surface area contributed by atoms with Gasteiger partial charge >= 0.3 is 16.6 Å². The molecular formula is C6H11AlO3. The van der Waals surface area contributed by atoms with Gasteiger partial charge in [0.2, 0.25) is 0 Å². The maximum Gasteiger partial charge on any atom is 0.499 e. The van der Waals surface area contributed by atoms with Crippen LogP contribution in [0.15, 0.2) is 0 Å². The Morgan fingerprint density at radius 3 is 2.20 bits per heavy atom. The van der Waals surface area contributed by atoms with Crippen molar-refractivity contribution in [1.29, 1.82) is 0 Å². The average Bonchev–Trinajstić information content (AvgIpc) is 1.88. The van der Waals surface area contributed by atoms with Crippen molar-refractivity contribution in [1.82, 2.24) is 0 Å². The number of carbonyl (C=O) groups excluding carboxylic acids is 2. The number of Topliss-reactive ketones (excluding diaryl/α,β-unsaturated/α-hetero) is 1. The molecule has 0 saturated carbocycles. The minimum atomic E-state index is -0.530. The first kappa shape index (κ1) is 9.67. The molecule has 0 radical (unpaired) electrons. The zero-order chi connectivity index (χ0) is 8.15. The zero-order valence-corrected chi connectivity index (χ0v) is 8.51. The minimum Gasteiger partial charge on any atom is -0.621 e. The van der Waals surface area contributed by atoms with Crippen LogP contribution in [-0.2, 0) is 13.4 Å². The van der Waals surface area contributed by atoms with Gasteiger partial charge in [0, 0.05) is 0 Å². The maximum absolute atomic E-state index is 10.8. The van der Waals surface area contributed by atoms with Gasteiger partial charge in [0.1, 0.15) is 11.7 Å². The van der Waals surface area contributed by atoms with Gasteiger partial charge in [-0.15, -0.1) is 0 Å². The Balaban J connectivity index is 4.06. The molecule has 0 aliphatic rings. The number of carbonyl (C=O) groups is 2. The summed E-state index contributed by atoms with van der Waals surface area (Å²) in [6.45, 7) is 3.21. The summed E-state index contributed by atoms with van der Waals surface area (Å²) < 4.78 is 4.54. The van der Waals surface area contributed by atoms with Crippen molar-refractivity contribution in [2.24, 2.45) is 5.92 Å². The number of hydrogen-bond donors (Lipinski definition) is 0. The van der Waals surface area contributed by atoms with Crippen LogP contribution in [0.2, 0.25) is 0 Å². The summed E-state index contributed by atoms with van der Waals surface area (Å²) >= 11 is 0.369. The van der Waals surface area contributed by atoms with Crippen LogP contribution in [0, 0.1) is 5.92 Å². The van der Waals surface area contributed by atoms with Crippen molar-refractivity contribution in [3.8, 4) is 0 Å². The van der Waals surface area contributed by atoms with Crippen LogP contribution < -0.4 is 0 Å². The fraction of sp³-hybridized carbons (Fsp3) is 0.667. The topological polar surface area (TPSA) is 43.4 Å². The molecule has 0 fully saturated rings. The summed E-state index contributed by atoms with van der Waals surface area (Å²) in [5, 5.41) is 0. The summed E-state index contributed by atoms with van der Waals surface area (Å²) in [6, 6.07) is 0. The zero-order valence-electron chi connectivity index (χ0n) is 6.51. The molecule has 0 N–H and O–H groups in total. The first-order chi connectivity index (χ1) is 4.63. The standard InChI is InChI=1S/C6H10O3.Al.2H/c1-3-5(4(2)7)6(8)9;;;/h5H,3H2,1-2H3,(H,8,9);;;/q;+1;;/p-1. The lowest BCUT2D eigenvalue weighted by molar-refractivity contribution is -0.143. The fourth-order valence-corrected chi connectivity index (χ4v) is 1.05. The van der Waals surface area contributed by atoms with E-state index in [0.717, 1.165) is 0 Å². The molecule has 0 spiro atoms. The molecule has 56 valence electrons. The molecule has 0 rings (SSSR count). The molecular weight excluding hydrogens is 147 g/mol. The summed E-state index contributed by atoms with van der Waals surface area (Å²) in [5.41, 5.74) is 0. The third-order valence-electron chi connectivity index (χ3n) is 1.38. The lowest BCUT2D eigenvalue weighted by Gasteiger charge is -2.08. The molecule has 0 aliphatic carbocycles. The second-order valence-electron chi connectivity index (χ2n) is 2.09. The van der Waals surface area contributed by atoms with Gasteiger partial charge in [-0.3, -0.25) is 9.59 Å². The van der Waals surface area contributed by atoms with Crippen LogP contribution in [0.1, 0.15) is 20.3 Å². The summed E-state index contributed by atoms with van der Waals surface area (Å²) in [7, 11) is 0. The van der Waals surface area contributed by atoms with E-state index in [1.807, 2.05) is 0 Å². The first-order valence-corrected chi connectivity index (χ1v) is 4.03. The SMILES string of the molecule is CCC(C(C)=O)C(=O)[O][AlH2]. The molecule has 0 bridgehead atoms. The number of hydrogen-bond acceptors (Lipinski definition) is 3. The van der Waals surface area contributed by atoms with Gasteiger partial charge in [-0.25, -0.2) is 0 Å². The Bertz CT molecular complexity index is 144. The van der Waals surface area contributed by atoms with E-state index in [1.165, 1.54) is 6.92 Å². The molecule has 0 amide bonds. The monoisotopic (exact) mass is 158 g/mol. The van der Waals surface area contributed by atoms with Crippen molar-refractivity contribution in [3.05, 3.63) is 0 Å². The molecule has 0 saturated heterocycles. The Hall–Kier alpha value is -0.328. The second kappa shape index (κ2) is 4.48. The lowest BCUT2D eigenvalue weighted by atomic mass is 10.0. The molecule has 0 aromatic carbocycles. The van der Waals surface area contributed by atoms with Crippen molar-refractivity contribution >= 4 is 28.4 Å². The van der Waals surface area contributed by atoms with Gasteiger partial charge in [-0.2, -0.15) is 0 Å². The van der Waals surface area contributed by atoms with Crippen molar-refractivity contribution in [2.75, 3.05) is 0 Å². The fourth-order valence-electron chi connectivity index (χ4n) is 0.762. The van der Waals surface area contributed by atoms with E-state index in [1.54, 1.807) is 6.92 Å². The van der Waals surface area contributed by atoms with Gasteiger partial charge in [0.25, 0.3) is 5.97 Å². The van der Waals surface area contributed by atoms with Crippen LogP contribution in [0.5, 0.6) is 0 Å². The van der Waals surface area contributed by atoms with E-state index in [2.05, 4.69) is 3.79 Å². The third-order valence-corrected chi connectivity index (χ3v) is 1.79. The van der Waals surface area contributed by atoms with Crippen molar-refractivity contribution < 1.29 is 13.4 Å². The van der Waals surface area contributed by atoms with E-state index in [0.29, 0.717) is 23.0 Å². The van der Waals surface area contributed by atoms with Gasteiger partial charge in [0.05, 0.1) is 0 Å². The third kappa shape index (κ3) is 2.51. The molecule has 0 heterocycles. The highest BCUT2D eigenvalue weighted by molar-refractivity contribution is 6.09. The minimum absolute atomic E-state index is 0.108. The second-order valence-corrected chi connectivity index (χ2v) is 2.50. The summed E-state index contributed by atoms with van der Waals surface area (Å²) in [5.74, 6) is -1.01. The van der Waals surface area contributed by atoms with Crippen molar-refractivity contribution in [3.63, 3.8) is 0 Å². The van der Waals surface area contributed by atoms with Crippen molar-refractivity contribution in [2.45, 2.75) is 20.3 Å². The van der Waals surface area contributed by atoms with Crippen LogP contribution in [0.25, 0.3) is 0 Å². The summed E-state index contributed by atoms with van der Waals surface area (Å²) in [4.78, 5) is 21.5. The van der Waals surface area contributed by atoms with Crippen LogP contribution >= 0.6 is 0 Å². The Labute approximate surface area is 68.5 Å². The Morgan fingerprint density at radius 1 is 1.60 bits per heavy atom. The predicted molar refractivity (Wildman–Crippen MR) is 39.1 cm³/mol. The molecule has 0 aromatic rings. The maximum atomic E-state index is 10.8. The highest BCUT2D eigenvalue weighted by Gasteiger charge is 2.19. The van der Waals surface area contributed by atoms with Crippen LogP contribution in [0.3, 0.4) is 0 Å². The smallest absolute Gasteiger partial charge is 0.499 e. The molecule has 3 nitrogen and oxygen atoms in total. The highest BCUT2D eigenvalue weighted by Crippen LogP contribution is 2.04. The molecule has 4 heteroatoms. The quantitative estimate of drug-likeness (QED) is 0.418. The molecule has 0 aliphatic heterocycles. The largest absolute Gasteiger partial charge is 0.621 e. The Morgan fingerprint density at radius 2 is 2.10 bits per heavy atom. The summed E-state index contributed by atoms with van der Waals surface area (Å²) in [6.07, 6.45) is 0.538.